The molecule has 0 amide bonds. The molecule has 0 saturated heterocycles. The molecule has 2 rings (SSSR count). The van der Waals surface area contributed by atoms with E-state index in [1.54, 1.807) is 24.3 Å². The van der Waals surface area contributed by atoms with Crippen LogP contribution in [0.15, 0.2) is 41.6 Å². The molecule has 0 aliphatic carbocycles. The highest BCUT2D eigenvalue weighted by atomic mass is 35.5. The Balaban J connectivity index is 2.10. The van der Waals surface area contributed by atoms with Crippen molar-refractivity contribution in [3.63, 3.8) is 0 Å². The zero-order valence-corrected chi connectivity index (χ0v) is 11.8. The SMILES string of the molecule is FC(F)(F)c1cnc(NN=Cc2cccc(Cl)c2)c(Cl)c1. The number of nitrogens with one attached hydrogen (secondary N) is 1. The molecule has 0 atom stereocenters. The van der Waals surface area contributed by atoms with E-state index < -0.39 is 11.7 Å². The molecule has 0 saturated carbocycles. The third-order valence-corrected chi connectivity index (χ3v) is 2.92. The Labute approximate surface area is 128 Å². The second kappa shape index (κ2) is 6.32. The monoisotopic (exact) mass is 333 g/mol. The van der Waals surface area contributed by atoms with Gasteiger partial charge in [-0.3, -0.25) is 5.43 Å². The molecule has 3 nitrogen and oxygen atoms in total. The van der Waals surface area contributed by atoms with E-state index in [1.165, 1.54) is 6.21 Å². The van der Waals surface area contributed by atoms with Gasteiger partial charge < -0.3 is 0 Å². The molecule has 8 heteroatoms. The Bertz CT molecular complexity index is 672. The maximum Gasteiger partial charge on any atom is 0.417 e. The van der Waals surface area contributed by atoms with Gasteiger partial charge in [0, 0.05) is 11.2 Å². The van der Waals surface area contributed by atoms with Crippen molar-refractivity contribution in [2.24, 2.45) is 5.10 Å². The lowest BCUT2D eigenvalue weighted by atomic mass is 10.2. The summed E-state index contributed by atoms with van der Waals surface area (Å²) in [5.41, 5.74) is 2.28. The van der Waals surface area contributed by atoms with E-state index in [0.717, 1.165) is 11.6 Å². The minimum absolute atomic E-state index is 0.0305. The van der Waals surface area contributed by atoms with Crippen molar-refractivity contribution in [1.82, 2.24) is 4.98 Å². The third-order valence-electron chi connectivity index (χ3n) is 2.40. The number of nitrogens with zero attached hydrogens (tertiary/aromatic N) is 2. The number of alkyl halides is 3. The molecular formula is C13H8Cl2F3N3. The van der Waals surface area contributed by atoms with Crippen LogP contribution in [0.2, 0.25) is 10.0 Å². The maximum atomic E-state index is 12.4. The molecule has 0 aliphatic heterocycles. The number of halogens is 5. The maximum absolute atomic E-state index is 12.4. The summed E-state index contributed by atoms with van der Waals surface area (Å²) in [7, 11) is 0. The minimum atomic E-state index is -4.49. The van der Waals surface area contributed by atoms with Crippen LogP contribution in [0, 0.1) is 0 Å². The van der Waals surface area contributed by atoms with Crippen LogP contribution >= 0.6 is 23.2 Å². The quantitative estimate of drug-likeness (QED) is 0.643. The van der Waals surface area contributed by atoms with E-state index in [0.29, 0.717) is 11.2 Å². The van der Waals surface area contributed by atoms with E-state index in [9.17, 15) is 13.2 Å². The van der Waals surface area contributed by atoms with Gasteiger partial charge in [-0.05, 0) is 23.8 Å². The first-order valence-electron chi connectivity index (χ1n) is 5.63. The average molecular weight is 334 g/mol. The summed E-state index contributed by atoms with van der Waals surface area (Å²) < 4.78 is 37.3. The van der Waals surface area contributed by atoms with Crippen molar-refractivity contribution >= 4 is 35.2 Å². The van der Waals surface area contributed by atoms with Crippen LogP contribution < -0.4 is 5.43 Å². The largest absolute Gasteiger partial charge is 0.417 e. The van der Waals surface area contributed by atoms with Crippen molar-refractivity contribution in [2.45, 2.75) is 6.18 Å². The first-order chi connectivity index (χ1) is 9.86. The molecule has 1 aromatic heterocycles. The number of rotatable bonds is 3. The first kappa shape index (κ1) is 15.6. The summed E-state index contributed by atoms with van der Waals surface area (Å²) in [4.78, 5) is 3.59. The van der Waals surface area contributed by atoms with E-state index in [1.807, 2.05) is 0 Å². The number of anilines is 1. The lowest BCUT2D eigenvalue weighted by Crippen LogP contribution is -2.06. The molecule has 1 heterocycles. The Hall–Kier alpha value is -1.79. The summed E-state index contributed by atoms with van der Waals surface area (Å²) in [6.07, 6.45) is -2.36. The van der Waals surface area contributed by atoms with Crippen LogP contribution in [0.3, 0.4) is 0 Å². The summed E-state index contributed by atoms with van der Waals surface area (Å²) >= 11 is 11.5. The predicted octanol–water partition coefficient (Wildman–Crippen LogP) is 4.85. The topological polar surface area (TPSA) is 37.3 Å². The van der Waals surface area contributed by atoms with Gasteiger partial charge in [-0.1, -0.05) is 35.3 Å². The van der Waals surface area contributed by atoms with E-state index in [2.05, 4.69) is 15.5 Å². The highest BCUT2D eigenvalue weighted by Crippen LogP contribution is 2.32. The van der Waals surface area contributed by atoms with Crippen LogP contribution in [-0.2, 0) is 6.18 Å². The Morgan fingerprint density at radius 3 is 2.57 bits per heavy atom. The second-order valence-electron chi connectivity index (χ2n) is 3.98. The molecule has 0 bridgehead atoms. The molecule has 0 radical (unpaired) electrons. The standard InChI is InChI=1S/C13H8Cl2F3N3/c14-10-3-1-2-8(4-10)6-20-21-12-11(15)5-9(7-19-12)13(16,17)18/h1-7H,(H,19,21). The van der Waals surface area contributed by atoms with Crippen molar-refractivity contribution in [1.29, 1.82) is 0 Å². The molecule has 21 heavy (non-hydrogen) atoms. The Morgan fingerprint density at radius 1 is 1.19 bits per heavy atom. The molecule has 1 aromatic carbocycles. The number of aromatic nitrogens is 1. The molecule has 0 fully saturated rings. The van der Waals surface area contributed by atoms with Gasteiger partial charge in [-0.2, -0.15) is 18.3 Å². The predicted molar refractivity (Wildman–Crippen MR) is 76.9 cm³/mol. The molecule has 0 unspecified atom stereocenters. The van der Waals surface area contributed by atoms with E-state index in [4.69, 9.17) is 23.2 Å². The normalized spacial score (nSPS) is 11.9. The Kier molecular flexibility index (Phi) is 4.69. The molecule has 2 aromatic rings. The van der Waals surface area contributed by atoms with Gasteiger partial charge in [0.05, 0.1) is 16.8 Å². The van der Waals surface area contributed by atoms with Crippen molar-refractivity contribution in [3.05, 3.63) is 57.7 Å². The van der Waals surface area contributed by atoms with Gasteiger partial charge in [0.15, 0.2) is 5.82 Å². The summed E-state index contributed by atoms with van der Waals surface area (Å²) in [6, 6.07) is 7.67. The summed E-state index contributed by atoms with van der Waals surface area (Å²) in [5.74, 6) is 0.0305. The van der Waals surface area contributed by atoms with E-state index in [-0.39, 0.29) is 10.8 Å². The van der Waals surface area contributed by atoms with Crippen LogP contribution in [0.4, 0.5) is 19.0 Å². The number of hydrazone groups is 1. The average Bonchev–Trinajstić information content (AvgIpc) is 2.39. The Morgan fingerprint density at radius 2 is 1.95 bits per heavy atom. The second-order valence-corrected chi connectivity index (χ2v) is 4.82. The van der Waals surface area contributed by atoms with Crippen molar-refractivity contribution < 1.29 is 13.2 Å². The van der Waals surface area contributed by atoms with Gasteiger partial charge in [0.2, 0.25) is 0 Å². The number of benzene rings is 1. The molecule has 0 aliphatic rings. The highest BCUT2D eigenvalue weighted by molar-refractivity contribution is 6.33. The van der Waals surface area contributed by atoms with Crippen LogP contribution in [-0.4, -0.2) is 11.2 Å². The third kappa shape index (κ3) is 4.34. The number of pyridine rings is 1. The molecule has 1 N–H and O–H groups in total. The van der Waals surface area contributed by atoms with Gasteiger partial charge in [0.25, 0.3) is 0 Å². The van der Waals surface area contributed by atoms with E-state index >= 15 is 0 Å². The van der Waals surface area contributed by atoms with Crippen molar-refractivity contribution in [2.75, 3.05) is 5.43 Å². The smallest absolute Gasteiger partial charge is 0.260 e. The minimum Gasteiger partial charge on any atom is -0.260 e. The van der Waals surface area contributed by atoms with Crippen molar-refractivity contribution in [3.8, 4) is 0 Å². The molecule has 0 spiro atoms. The van der Waals surface area contributed by atoms with Gasteiger partial charge >= 0.3 is 6.18 Å². The molecule has 110 valence electrons. The lowest BCUT2D eigenvalue weighted by molar-refractivity contribution is -0.137. The van der Waals surface area contributed by atoms with Gasteiger partial charge in [-0.25, -0.2) is 4.98 Å². The fourth-order valence-electron chi connectivity index (χ4n) is 1.43. The fraction of sp³-hybridized carbons (Fsp3) is 0.0769. The van der Waals surface area contributed by atoms with Gasteiger partial charge in [0.1, 0.15) is 0 Å². The van der Waals surface area contributed by atoms with Crippen LogP contribution in [0.1, 0.15) is 11.1 Å². The summed E-state index contributed by atoms with van der Waals surface area (Å²) in [5, 5.41) is 4.22. The van der Waals surface area contributed by atoms with Gasteiger partial charge in [-0.15, -0.1) is 0 Å². The zero-order valence-electron chi connectivity index (χ0n) is 10.3. The summed E-state index contributed by atoms with van der Waals surface area (Å²) in [6.45, 7) is 0. The zero-order chi connectivity index (χ0) is 15.5. The molecular weight excluding hydrogens is 326 g/mol. The number of hydrogen-bond acceptors (Lipinski definition) is 3. The lowest BCUT2D eigenvalue weighted by Gasteiger charge is -2.08. The number of hydrogen-bond donors (Lipinski definition) is 1. The fourth-order valence-corrected chi connectivity index (χ4v) is 1.84. The van der Waals surface area contributed by atoms with Crippen LogP contribution in [0.25, 0.3) is 0 Å². The van der Waals surface area contributed by atoms with Crippen LogP contribution in [0.5, 0.6) is 0 Å². The first-order valence-corrected chi connectivity index (χ1v) is 6.39. The highest BCUT2D eigenvalue weighted by Gasteiger charge is 2.31.